The Morgan fingerprint density at radius 1 is 1.50 bits per heavy atom. The molecule has 1 fully saturated rings. The van der Waals surface area contributed by atoms with Gasteiger partial charge in [0.2, 0.25) is 11.8 Å². The fraction of sp³-hybridized carbons (Fsp3) is 0.571. The van der Waals surface area contributed by atoms with Crippen LogP contribution in [0, 0.1) is 0 Å². The molecule has 1 saturated heterocycles. The summed E-state index contributed by atoms with van der Waals surface area (Å²) in [7, 11) is 0. The molecule has 6 nitrogen and oxygen atoms in total. The van der Waals surface area contributed by atoms with Crippen LogP contribution in [-0.2, 0) is 14.4 Å². The van der Waals surface area contributed by atoms with Crippen LogP contribution >= 0.6 is 12.6 Å². The number of hydrazine groups is 1. The molecule has 1 aliphatic rings. The van der Waals surface area contributed by atoms with Gasteiger partial charge in [-0.3, -0.25) is 14.4 Å². The topological polar surface area (TPSA) is 86.7 Å². The van der Waals surface area contributed by atoms with Crippen molar-refractivity contribution < 1.29 is 19.5 Å². The minimum Gasteiger partial charge on any atom is -0.480 e. The van der Waals surface area contributed by atoms with Crippen molar-refractivity contribution in [1.29, 1.82) is 0 Å². The molecule has 0 radical (unpaired) electrons. The number of rotatable bonds is 4. The number of aliphatic carboxylic acids is 1. The molecule has 1 atom stereocenters. The summed E-state index contributed by atoms with van der Waals surface area (Å²) in [5.41, 5.74) is 2.32. The Kier molecular flexibility index (Phi) is 3.48. The molecule has 14 heavy (non-hydrogen) atoms. The number of hydrogen-bond acceptors (Lipinski definition) is 5. The van der Waals surface area contributed by atoms with E-state index in [4.69, 9.17) is 5.11 Å². The lowest BCUT2D eigenvalue weighted by Gasteiger charge is -2.19. The van der Waals surface area contributed by atoms with Gasteiger partial charge in [0.1, 0.15) is 6.04 Å². The van der Waals surface area contributed by atoms with E-state index in [0.29, 0.717) is 0 Å². The van der Waals surface area contributed by atoms with Gasteiger partial charge in [-0.1, -0.05) is 0 Å². The minimum absolute atomic E-state index is 0.00634. The van der Waals surface area contributed by atoms with Gasteiger partial charge in [0, 0.05) is 18.6 Å². The van der Waals surface area contributed by atoms with Gasteiger partial charge in [-0.25, -0.2) is 10.4 Å². The maximum absolute atomic E-state index is 11.1. The number of carboxylic acid groups (broad SMARTS) is 1. The molecule has 1 heterocycles. The van der Waals surface area contributed by atoms with Crippen LogP contribution in [0.4, 0.5) is 0 Å². The van der Waals surface area contributed by atoms with Gasteiger partial charge in [-0.2, -0.15) is 12.6 Å². The Balaban J connectivity index is 2.61. The van der Waals surface area contributed by atoms with Gasteiger partial charge in [-0.15, -0.1) is 0 Å². The maximum Gasteiger partial charge on any atom is 0.323 e. The summed E-state index contributed by atoms with van der Waals surface area (Å²) in [5.74, 6) is -1.94. The SMILES string of the molecule is O=C(O)[C@H](CS)NN1C(=O)CCC1=O. The van der Waals surface area contributed by atoms with Crippen molar-refractivity contribution in [2.24, 2.45) is 0 Å². The van der Waals surface area contributed by atoms with Crippen LogP contribution in [0.25, 0.3) is 0 Å². The maximum atomic E-state index is 11.1. The van der Waals surface area contributed by atoms with Crippen LogP contribution in [0.15, 0.2) is 0 Å². The number of thiol groups is 1. The Morgan fingerprint density at radius 2 is 2.00 bits per heavy atom. The first kappa shape index (κ1) is 11.0. The molecular formula is C7H10N2O4S. The van der Waals surface area contributed by atoms with E-state index in [-0.39, 0.29) is 18.6 Å². The fourth-order valence-electron chi connectivity index (χ4n) is 1.05. The average molecular weight is 218 g/mol. The first-order chi connectivity index (χ1) is 6.56. The highest BCUT2D eigenvalue weighted by molar-refractivity contribution is 7.80. The zero-order valence-electron chi connectivity index (χ0n) is 7.27. The lowest BCUT2D eigenvalue weighted by Crippen LogP contribution is -2.51. The average Bonchev–Trinajstić information content (AvgIpc) is 2.43. The molecular weight excluding hydrogens is 208 g/mol. The highest BCUT2D eigenvalue weighted by atomic mass is 32.1. The molecule has 1 aliphatic heterocycles. The van der Waals surface area contributed by atoms with Crippen molar-refractivity contribution in [2.75, 3.05) is 5.75 Å². The van der Waals surface area contributed by atoms with Crippen LogP contribution in [0.3, 0.4) is 0 Å². The summed E-state index contributed by atoms with van der Waals surface area (Å²) in [6.45, 7) is 0. The normalized spacial score (nSPS) is 18.8. The minimum atomic E-state index is -1.15. The van der Waals surface area contributed by atoms with Crippen molar-refractivity contribution >= 4 is 30.4 Å². The molecule has 0 unspecified atom stereocenters. The van der Waals surface area contributed by atoms with Crippen molar-refractivity contribution in [3.05, 3.63) is 0 Å². The molecule has 78 valence electrons. The predicted octanol–water partition coefficient (Wildman–Crippen LogP) is -0.977. The number of amides is 2. The largest absolute Gasteiger partial charge is 0.480 e. The third kappa shape index (κ3) is 2.24. The van der Waals surface area contributed by atoms with Gasteiger partial charge in [0.25, 0.3) is 0 Å². The predicted molar refractivity (Wildman–Crippen MR) is 49.5 cm³/mol. The summed E-state index contributed by atoms with van der Waals surface area (Å²) >= 11 is 3.79. The summed E-state index contributed by atoms with van der Waals surface area (Å²) < 4.78 is 0. The molecule has 0 aliphatic carbocycles. The molecule has 7 heteroatoms. The fourth-order valence-corrected chi connectivity index (χ4v) is 1.29. The van der Waals surface area contributed by atoms with Gasteiger partial charge < -0.3 is 5.11 Å². The molecule has 0 aromatic heterocycles. The number of nitrogens with zero attached hydrogens (tertiary/aromatic N) is 1. The molecule has 0 bridgehead atoms. The van der Waals surface area contributed by atoms with Crippen molar-refractivity contribution in [3.8, 4) is 0 Å². The number of imide groups is 1. The van der Waals surface area contributed by atoms with Gasteiger partial charge in [0.15, 0.2) is 0 Å². The molecule has 0 saturated carbocycles. The zero-order valence-corrected chi connectivity index (χ0v) is 8.16. The number of carbonyl (C=O) groups is 3. The molecule has 2 amide bonds. The van der Waals surface area contributed by atoms with E-state index >= 15 is 0 Å². The van der Waals surface area contributed by atoms with Crippen molar-refractivity contribution in [3.63, 3.8) is 0 Å². The number of carboxylic acids is 1. The molecule has 1 rings (SSSR count). The Bertz CT molecular complexity index is 265. The second kappa shape index (κ2) is 4.43. The van der Waals surface area contributed by atoms with E-state index in [9.17, 15) is 14.4 Å². The van der Waals surface area contributed by atoms with E-state index in [1.165, 1.54) is 0 Å². The van der Waals surface area contributed by atoms with E-state index in [1.807, 2.05) is 0 Å². The monoisotopic (exact) mass is 218 g/mol. The summed E-state index contributed by atoms with van der Waals surface area (Å²) in [5, 5.41) is 9.40. The van der Waals surface area contributed by atoms with E-state index in [2.05, 4.69) is 18.1 Å². The first-order valence-electron chi connectivity index (χ1n) is 4.02. The molecule has 0 aromatic rings. The van der Waals surface area contributed by atoms with Crippen LogP contribution in [-0.4, -0.2) is 39.7 Å². The standard InChI is InChI=1S/C7H10N2O4S/c10-5-1-2-6(11)9(5)8-4(3-14)7(12)13/h4,8,14H,1-3H2,(H,12,13)/t4-/m0/s1. The highest BCUT2D eigenvalue weighted by Gasteiger charge is 2.32. The van der Waals surface area contributed by atoms with Crippen LogP contribution in [0.5, 0.6) is 0 Å². The number of nitrogens with one attached hydrogen (secondary N) is 1. The summed E-state index contributed by atoms with van der Waals surface area (Å²) in [6, 6.07) is -1.02. The lowest BCUT2D eigenvalue weighted by atomic mass is 10.4. The van der Waals surface area contributed by atoms with E-state index in [0.717, 1.165) is 5.01 Å². The lowest BCUT2D eigenvalue weighted by molar-refractivity contribution is -0.146. The van der Waals surface area contributed by atoms with Gasteiger partial charge in [0.05, 0.1) is 0 Å². The second-order valence-corrected chi connectivity index (χ2v) is 3.19. The van der Waals surface area contributed by atoms with Gasteiger partial charge >= 0.3 is 5.97 Å². The first-order valence-corrected chi connectivity index (χ1v) is 4.65. The summed E-state index contributed by atoms with van der Waals surface area (Å²) in [4.78, 5) is 32.7. The third-order valence-corrected chi connectivity index (χ3v) is 2.18. The second-order valence-electron chi connectivity index (χ2n) is 2.83. The van der Waals surface area contributed by atoms with Crippen LogP contribution < -0.4 is 5.43 Å². The molecule has 0 spiro atoms. The number of hydrogen-bond donors (Lipinski definition) is 3. The van der Waals surface area contributed by atoms with Crippen LogP contribution in [0.1, 0.15) is 12.8 Å². The van der Waals surface area contributed by atoms with Crippen LogP contribution in [0.2, 0.25) is 0 Å². The zero-order chi connectivity index (χ0) is 10.7. The van der Waals surface area contributed by atoms with E-state index in [1.54, 1.807) is 0 Å². The van der Waals surface area contributed by atoms with Crippen molar-refractivity contribution in [2.45, 2.75) is 18.9 Å². The van der Waals surface area contributed by atoms with Gasteiger partial charge in [-0.05, 0) is 0 Å². The molecule has 0 aromatic carbocycles. The third-order valence-electron chi connectivity index (χ3n) is 1.82. The quantitative estimate of drug-likeness (QED) is 0.417. The van der Waals surface area contributed by atoms with E-state index < -0.39 is 23.8 Å². The Morgan fingerprint density at radius 3 is 2.36 bits per heavy atom. The highest BCUT2D eigenvalue weighted by Crippen LogP contribution is 2.09. The smallest absolute Gasteiger partial charge is 0.323 e. The summed E-state index contributed by atoms with van der Waals surface area (Å²) in [6.07, 6.45) is 0.259. The number of carbonyl (C=O) groups excluding carboxylic acids is 2. The van der Waals surface area contributed by atoms with Crippen molar-refractivity contribution in [1.82, 2.24) is 10.4 Å². The Hall–Kier alpha value is -1.08. The Labute approximate surface area is 85.6 Å². The molecule has 2 N–H and O–H groups in total.